The average Bonchev–Trinajstić information content (AvgIpc) is 2.65. The Morgan fingerprint density at radius 2 is 2.00 bits per heavy atom. The zero-order valence-electron chi connectivity index (χ0n) is 7.48. The summed E-state index contributed by atoms with van der Waals surface area (Å²) in [4.78, 5) is 0. The van der Waals surface area contributed by atoms with E-state index in [0.29, 0.717) is 17.8 Å². The van der Waals surface area contributed by atoms with Crippen LogP contribution >= 0.6 is 0 Å². The van der Waals surface area contributed by atoms with Crippen LogP contribution in [-0.2, 0) is 0 Å². The van der Waals surface area contributed by atoms with Gasteiger partial charge in [0.25, 0.3) is 0 Å². The number of fused-ring (bicyclic) bond motifs is 3. The van der Waals surface area contributed by atoms with Crippen molar-refractivity contribution in [1.82, 2.24) is 0 Å². The van der Waals surface area contributed by atoms with Crippen molar-refractivity contribution in [2.45, 2.75) is 6.42 Å². The normalized spacial score (nSPS) is 40.0. The first-order valence-electron chi connectivity index (χ1n) is 4.92. The molecule has 0 heterocycles. The van der Waals surface area contributed by atoms with Gasteiger partial charge in [0.1, 0.15) is 0 Å². The zero-order chi connectivity index (χ0) is 8.67. The van der Waals surface area contributed by atoms with Crippen LogP contribution in [0.3, 0.4) is 0 Å². The summed E-state index contributed by atoms with van der Waals surface area (Å²) in [7, 11) is 0. The van der Waals surface area contributed by atoms with Gasteiger partial charge in [0.15, 0.2) is 0 Å². The van der Waals surface area contributed by atoms with Crippen molar-refractivity contribution in [3.63, 3.8) is 0 Å². The minimum Gasteiger partial charge on any atom is -0.0808 e. The average molecular weight is 168 g/mol. The van der Waals surface area contributed by atoms with Crippen molar-refractivity contribution in [2.24, 2.45) is 17.8 Å². The molecule has 0 aliphatic heterocycles. The van der Waals surface area contributed by atoms with Gasteiger partial charge in [-0.3, -0.25) is 0 Å². The third-order valence-electron chi connectivity index (χ3n) is 3.21. The van der Waals surface area contributed by atoms with Crippen molar-refractivity contribution in [2.75, 3.05) is 0 Å². The molecule has 0 aromatic heterocycles. The van der Waals surface area contributed by atoms with E-state index in [-0.39, 0.29) is 0 Å². The fraction of sp³-hybridized carbons (Fsp3) is 0.308. The van der Waals surface area contributed by atoms with Gasteiger partial charge in [-0.25, -0.2) is 0 Å². The van der Waals surface area contributed by atoms with Crippen LogP contribution < -0.4 is 0 Å². The molecule has 0 nitrogen and oxygen atoms in total. The fourth-order valence-corrected chi connectivity index (χ4v) is 2.50. The number of rotatable bonds is 0. The van der Waals surface area contributed by atoms with Crippen molar-refractivity contribution < 1.29 is 0 Å². The second kappa shape index (κ2) is 2.73. The van der Waals surface area contributed by atoms with Crippen LogP contribution in [0.1, 0.15) is 6.42 Å². The Morgan fingerprint density at radius 3 is 3.00 bits per heavy atom. The Hall–Kier alpha value is -1.04. The largest absolute Gasteiger partial charge is 0.0808 e. The highest BCUT2D eigenvalue weighted by Gasteiger charge is 2.33. The van der Waals surface area contributed by atoms with E-state index in [2.05, 4.69) is 49.0 Å². The molecule has 2 radical (unpaired) electrons. The molecule has 0 saturated heterocycles. The lowest BCUT2D eigenvalue weighted by molar-refractivity contribution is 0.371. The molecule has 0 aromatic rings. The minimum absolute atomic E-state index is 0.611. The second-order valence-corrected chi connectivity index (χ2v) is 3.92. The van der Waals surface area contributed by atoms with Gasteiger partial charge >= 0.3 is 0 Å². The number of allylic oxidation sites excluding steroid dienone is 8. The van der Waals surface area contributed by atoms with Crippen LogP contribution in [0.4, 0.5) is 0 Å². The predicted octanol–water partition coefficient (Wildman–Crippen LogP) is 2.94. The maximum absolute atomic E-state index is 3.49. The monoisotopic (exact) mass is 168 g/mol. The van der Waals surface area contributed by atoms with Gasteiger partial charge in [-0.05, 0) is 18.3 Å². The molecule has 3 aliphatic carbocycles. The molecule has 0 amide bonds. The van der Waals surface area contributed by atoms with Crippen LogP contribution in [0.2, 0.25) is 0 Å². The molecule has 3 atom stereocenters. The number of hydrogen-bond donors (Lipinski definition) is 0. The van der Waals surface area contributed by atoms with E-state index < -0.39 is 0 Å². The summed E-state index contributed by atoms with van der Waals surface area (Å²) in [6.45, 7) is 0. The van der Waals surface area contributed by atoms with Crippen LogP contribution in [0.5, 0.6) is 0 Å². The predicted molar refractivity (Wildman–Crippen MR) is 53.8 cm³/mol. The zero-order valence-corrected chi connectivity index (χ0v) is 7.48. The van der Waals surface area contributed by atoms with Crippen molar-refractivity contribution in [3.8, 4) is 0 Å². The quantitative estimate of drug-likeness (QED) is 0.521. The summed E-state index contributed by atoms with van der Waals surface area (Å²) in [5.74, 6) is 1.99. The molecular weight excluding hydrogens is 156 g/mol. The Morgan fingerprint density at radius 1 is 1.08 bits per heavy atom. The second-order valence-electron chi connectivity index (χ2n) is 3.92. The molecule has 0 N–H and O–H groups in total. The van der Waals surface area contributed by atoms with Gasteiger partial charge in [0.05, 0.1) is 0 Å². The summed E-state index contributed by atoms with van der Waals surface area (Å²) in [5, 5.41) is 0. The molecular formula is C13H12. The standard InChI is InChI=1S/C13H12/c1-2-6-12-10(4-1)8-9-11-5-3-7-13(11)12/h1-7,10,12-13H,8H2. The van der Waals surface area contributed by atoms with Gasteiger partial charge in [0, 0.05) is 12.3 Å². The summed E-state index contributed by atoms with van der Waals surface area (Å²) in [5.41, 5.74) is 1.40. The summed E-state index contributed by atoms with van der Waals surface area (Å²) >= 11 is 0. The lowest BCUT2D eigenvalue weighted by Crippen LogP contribution is -2.26. The molecule has 3 rings (SSSR count). The highest BCUT2D eigenvalue weighted by Crippen LogP contribution is 2.43. The Kier molecular flexibility index (Phi) is 1.55. The van der Waals surface area contributed by atoms with Crippen LogP contribution in [0.15, 0.2) is 48.1 Å². The van der Waals surface area contributed by atoms with E-state index in [1.165, 1.54) is 5.57 Å². The number of hydrogen-bond acceptors (Lipinski definition) is 0. The lowest BCUT2D eigenvalue weighted by atomic mass is 9.69. The molecule has 0 bridgehead atoms. The molecule has 0 heteroatoms. The topological polar surface area (TPSA) is 0 Å². The molecule has 13 heavy (non-hydrogen) atoms. The Labute approximate surface area is 79.3 Å². The molecule has 1 fully saturated rings. The van der Waals surface area contributed by atoms with Gasteiger partial charge in [0.2, 0.25) is 0 Å². The summed E-state index contributed by atoms with van der Waals surface area (Å²) in [6.07, 6.45) is 20.3. The fourth-order valence-electron chi connectivity index (χ4n) is 2.50. The maximum atomic E-state index is 3.49. The molecule has 0 spiro atoms. The van der Waals surface area contributed by atoms with Gasteiger partial charge in [-0.1, -0.05) is 48.1 Å². The molecule has 64 valence electrons. The first kappa shape index (κ1) is 7.37. The highest BCUT2D eigenvalue weighted by atomic mass is 14.4. The van der Waals surface area contributed by atoms with Crippen LogP contribution in [-0.4, -0.2) is 0 Å². The van der Waals surface area contributed by atoms with Gasteiger partial charge in [-0.15, -0.1) is 0 Å². The Balaban J connectivity index is 1.95. The third-order valence-corrected chi connectivity index (χ3v) is 3.21. The smallest absolute Gasteiger partial charge is 0.0133 e. The Bertz CT molecular complexity index is 328. The van der Waals surface area contributed by atoms with E-state index in [4.69, 9.17) is 0 Å². The van der Waals surface area contributed by atoms with E-state index in [0.717, 1.165) is 6.42 Å². The van der Waals surface area contributed by atoms with Crippen molar-refractivity contribution >= 4 is 0 Å². The first-order chi connectivity index (χ1) is 6.45. The highest BCUT2D eigenvalue weighted by molar-refractivity contribution is 5.39. The molecule has 3 unspecified atom stereocenters. The van der Waals surface area contributed by atoms with Crippen LogP contribution in [0, 0.1) is 24.2 Å². The van der Waals surface area contributed by atoms with E-state index >= 15 is 0 Å². The lowest BCUT2D eigenvalue weighted by Gasteiger charge is -2.35. The van der Waals surface area contributed by atoms with E-state index in [1.54, 1.807) is 0 Å². The molecule has 1 saturated carbocycles. The van der Waals surface area contributed by atoms with E-state index in [9.17, 15) is 0 Å². The van der Waals surface area contributed by atoms with Gasteiger partial charge in [-0.2, -0.15) is 0 Å². The first-order valence-corrected chi connectivity index (χ1v) is 4.92. The third kappa shape index (κ3) is 1.05. The SMILES string of the molecule is [C]1CC2C=CC=CC2C2C=CC=C12. The molecule has 3 aliphatic rings. The van der Waals surface area contributed by atoms with Crippen molar-refractivity contribution in [3.05, 3.63) is 54.5 Å². The van der Waals surface area contributed by atoms with Crippen molar-refractivity contribution in [1.29, 1.82) is 0 Å². The maximum Gasteiger partial charge on any atom is 0.0133 e. The van der Waals surface area contributed by atoms with Gasteiger partial charge < -0.3 is 0 Å². The van der Waals surface area contributed by atoms with E-state index in [1.807, 2.05) is 0 Å². The summed E-state index contributed by atoms with van der Waals surface area (Å²) in [6, 6.07) is 0. The van der Waals surface area contributed by atoms with Crippen LogP contribution in [0.25, 0.3) is 0 Å². The summed E-state index contributed by atoms with van der Waals surface area (Å²) < 4.78 is 0. The minimum atomic E-state index is 0.611. The molecule has 0 aromatic carbocycles.